The van der Waals surface area contributed by atoms with E-state index >= 15 is 0 Å². The Kier molecular flexibility index (Phi) is 11.0. The number of halogens is 1. The van der Waals surface area contributed by atoms with Crippen molar-refractivity contribution in [2.45, 2.75) is 19.9 Å². The Morgan fingerprint density at radius 3 is 2.30 bits per heavy atom. The molecule has 0 fully saturated rings. The first-order valence-corrected chi connectivity index (χ1v) is 9.48. The van der Waals surface area contributed by atoms with Crippen molar-refractivity contribution in [1.82, 2.24) is 10.6 Å². The molecule has 27 heavy (non-hydrogen) atoms. The number of benzene rings is 1. The summed E-state index contributed by atoms with van der Waals surface area (Å²) in [5.41, 5.74) is 2.21. The van der Waals surface area contributed by atoms with Gasteiger partial charge in [-0.15, -0.1) is 24.0 Å². The van der Waals surface area contributed by atoms with Gasteiger partial charge in [0.15, 0.2) is 5.96 Å². The maximum Gasteiger partial charge on any atom is 0.191 e. The monoisotopic (exact) mass is 505 g/mol. The van der Waals surface area contributed by atoms with E-state index in [1.54, 1.807) is 32.7 Å². The van der Waals surface area contributed by atoms with Crippen LogP contribution in [0.5, 0.6) is 17.2 Å². The van der Waals surface area contributed by atoms with Gasteiger partial charge in [-0.3, -0.25) is 0 Å². The number of ether oxygens (including phenoxy) is 3. The number of hydrogen-bond acceptors (Lipinski definition) is 5. The topological polar surface area (TPSA) is 64.1 Å². The fourth-order valence-electron chi connectivity index (χ4n) is 2.52. The average molecular weight is 505 g/mol. The van der Waals surface area contributed by atoms with E-state index in [4.69, 9.17) is 14.2 Å². The molecule has 0 saturated carbocycles. The Labute approximate surface area is 182 Å². The number of nitrogens with zero attached hydrogens (tertiary/aromatic N) is 1. The molecular weight excluding hydrogens is 477 g/mol. The van der Waals surface area contributed by atoms with Crippen LogP contribution in [-0.2, 0) is 13.0 Å². The van der Waals surface area contributed by atoms with Gasteiger partial charge >= 0.3 is 0 Å². The third-order valence-corrected chi connectivity index (χ3v) is 4.56. The van der Waals surface area contributed by atoms with Crippen LogP contribution in [0.4, 0.5) is 0 Å². The molecule has 1 aromatic carbocycles. The summed E-state index contributed by atoms with van der Waals surface area (Å²) in [5.74, 6) is 3.01. The molecule has 2 rings (SSSR count). The Morgan fingerprint density at radius 2 is 1.78 bits per heavy atom. The number of thiophene rings is 1. The molecule has 1 heterocycles. The highest BCUT2D eigenvalue weighted by Crippen LogP contribution is 2.34. The van der Waals surface area contributed by atoms with Crippen LogP contribution in [0.15, 0.2) is 34.0 Å². The summed E-state index contributed by atoms with van der Waals surface area (Å²) in [4.78, 5) is 4.62. The minimum atomic E-state index is 0. The van der Waals surface area contributed by atoms with Gasteiger partial charge in [-0.05, 0) is 35.7 Å². The second-order valence-corrected chi connectivity index (χ2v) is 6.29. The van der Waals surface area contributed by atoms with Gasteiger partial charge in [0.1, 0.15) is 17.2 Å². The lowest BCUT2D eigenvalue weighted by Gasteiger charge is -2.16. The average Bonchev–Trinajstić information content (AvgIpc) is 3.19. The van der Waals surface area contributed by atoms with Crippen molar-refractivity contribution in [3.63, 3.8) is 0 Å². The van der Waals surface area contributed by atoms with E-state index in [1.165, 1.54) is 5.56 Å². The molecule has 0 aliphatic heterocycles. The van der Waals surface area contributed by atoms with Gasteiger partial charge in [0.2, 0.25) is 0 Å². The van der Waals surface area contributed by atoms with Crippen molar-refractivity contribution in [2.75, 3.05) is 34.4 Å². The maximum absolute atomic E-state index is 5.50. The summed E-state index contributed by atoms with van der Waals surface area (Å²) in [7, 11) is 4.93. The van der Waals surface area contributed by atoms with Gasteiger partial charge in [0.05, 0.1) is 27.9 Å². The second-order valence-electron chi connectivity index (χ2n) is 5.51. The number of methoxy groups -OCH3 is 3. The Bertz CT molecular complexity index is 683. The van der Waals surface area contributed by atoms with E-state index in [1.807, 2.05) is 12.1 Å². The van der Waals surface area contributed by atoms with Crippen LogP contribution in [0, 0.1) is 0 Å². The number of rotatable bonds is 9. The SMILES string of the molecule is CCNC(=NCc1ccsc1)NCCc1c(OC)cc(OC)cc1OC.I. The predicted octanol–water partition coefficient (Wildman–Crippen LogP) is 3.69. The lowest BCUT2D eigenvalue weighted by Crippen LogP contribution is -2.38. The van der Waals surface area contributed by atoms with Gasteiger partial charge in [-0.25, -0.2) is 4.99 Å². The first-order chi connectivity index (χ1) is 12.7. The van der Waals surface area contributed by atoms with Crippen molar-refractivity contribution in [3.05, 3.63) is 40.1 Å². The highest BCUT2D eigenvalue weighted by Gasteiger charge is 2.13. The fraction of sp³-hybridized carbons (Fsp3) is 0.421. The lowest BCUT2D eigenvalue weighted by atomic mass is 10.1. The van der Waals surface area contributed by atoms with Crippen LogP contribution in [0.25, 0.3) is 0 Å². The van der Waals surface area contributed by atoms with Gasteiger partial charge < -0.3 is 24.8 Å². The number of guanidine groups is 1. The van der Waals surface area contributed by atoms with E-state index in [2.05, 4.69) is 39.4 Å². The summed E-state index contributed by atoms with van der Waals surface area (Å²) in [6.07, 6.45) is 0.735. The van der Waals surface area contributed by atoms with Crippen LogP contribution in [0.1, 0.15) is 18.1 Å². The molecule has 150 valence electrons. The smallest absolute Gasteiger partial charge is 0.191 e. The molecule has 0 unspecified atom stereocenters. The number of nitrogens with one attached hydrogen (secondary N) is 2. The minimum Gasteiger partial charge on any atom is -0.496 e. The van der Waals surface area contributed by atoms with Crippen molar-refractivity contribution in [3.8, 4) is 17.2 Å². The van der Waals surface area contributed by atoms with Crippen molar-refractivity contribution < 1.29 is 14.2 Å². The van der Waals surface area contributed by atoms with Crippen LogP contribution < -0.4 is 24.8 Å². The van der Waals surface area contributed by atoms with E-state index in [0.717, 1.165) is 36.0 Å². The third kappa shape index (κ3) is 7.10. The summed E-state index contributed by atoms with van der Waals surface area (Å²) in [6, 6.07) is 5.83. The van der Waals surface area contributed by atoms with Gasteiger partial charge in [0, 0.05) is 30.8 Å². The maximum atomic E-state index is 5.50. The van der Waals surface area contributed by atoms with Gasteiger partial charge in [-0.1, -0.05) is 0 Å². The molecule has 0 aliphatic carbocycles. The molecule has 0 saturated heterocycles. The summed E-state index contributed by atoms with van der Waals surface area (Å²) in [6.45, 7) is 4.23. The third-order valence-electron chi connectivity index (χ3n) is 3.83. The van der Waals surface area contributed by atoms with Gasteiger partial charge in [-0.2, -0.15) is 11.3 Å². The molecule has 0 aliphatic rings. The second kappa shape index (κ2) is 12.7. The standard InChI is InChI=1S/C19H27N3O3S.HI/c1-5-20-19(22-12-14-7-9-26-13-14)21-8-6-16-17(24-3)10-15(23-2)11-18(16)25-4;/h7,9-11,13H,5-6,8,12H2,1-4H3,(H2,20,21,22);1H. The van der Waals surface area contributed by atoms with E-state index in [9.17, 15) is 0 Å². The molecule has 0 radical (unpaired) electrons. The molecule has 2 N–H and O–H groups in total. The predicted molar refractivity (Wildman–Crippen MR) is 122 cm³/mol. The van der Waals surface area contributed by atoms with Gasteiger partial charge in [0.25, 0.3) is 0 Å². The highest BCUT2D eigenvalue weighted by atomic mass is 127. The summed E-state index contributed by atoms with van der Waals surface area (Å²) >= 11 is 1.68. The zero-order valence-electron chi connectivity index (χ0n) is 16.2. The van der Waals surface area contributed by atoms with Crippen LogP contribution in [0.2, 0.25) is 0 Å². The largest absolute Gasteiger partial charge is 0.496 e. The van der Waals surface area contributed by atoms with E-state index < -0.39 is 0 Å². The number of aliphatic imine (C=N–C) groups is 1. The van der Waals surface area contributed by atoms with E-state index in [-0.39, 0.29) is 24.0 Å². The van der Waals surface area contributed by atoms with Crippen LogP contribution in [-0.4, -0.2) is 40.4 Å². The van der Waals surface area contributed by atoms with Crippen LogP contribution in [0.3, 0.4) is 0 Å². The molecular formula is C19H28IN3O3S. The minimum absolute atomic E-state index is 0. The fourth-order valence-corrected chi connectivity index (χ4v) is 3.18. The Balaban J connectivity index is 0.00000364. The molecule has 2 aromatic rings. The molecule has 8 heteroatoms. The normalized spacial score (nSPS) is 10.7. The van der Waals surface area contributed by atoms with Crippen molar-refractivity contribution in [1.29, 1.82) is 0 Å². The van der Waals surface area contributed by atoms with Crippen molar-refractivity contribution in [2.24, 2.45) is 4.99 Å². The molecule has 0 spiro atoms. The summed E-state index contributed by atoms with van der Waals surface area (Å²) < 4.78 is 16.3. The van der Waals surface area contributed by atoms with Crippen molar-refractivity contribution >= 4 is 41.3 Å². The molecule has 0 bridgehead atoms. The quantitative estimate of drug-likeness (QED) is 0.309. The lowest BCUT2D eigenvalue weighted by molar-refractivity contribution is 0.368. The van der Waals surface area contributed by atoms with E-state index in [0.29, 0.717) is 18.8 Å². The zero-order chi connectivity index (χ0) is 18.8. The summed E-state index contributed by atoms with van der Waals surface area (Å²) in [5, 5.41) is 10.8. The Morgan fingerprint density at radius 1 is 1.07 bits per heavy atom. The first kappa shape index (κ1) is 23.4. The zero-order valence-corrected chi connectivity index (χ0v) is 19.4. The molecule has 0 atom stereocenters. The Hall–Kier alpha value is -1.68. The highest BCUT2D eigenvalue weighted by molar-refractivity contribution is 14.0. The van der Waals surface area contributed by atoms with Crippen LogP contribution >= 0.6 is 35.3 Å². The number of hydrogen-bond donors (Lipinski definition) is 2. The molecule has 0 amide bonds. The molecule has 6 nitrogen and oxygen atoms in total. The first-order valence-electron chi connectivity index (χ1n) is 8.54. The molecule has 1 aromatic heterocycles.